The Hall–Kier alpha value is -2.20. The van der Waals surface area contributed by atoms with Gasteiger partial charge in [0, 0.05) is 16.4 Å². The fourth-order valence-electron chi connectivity index (χ4n) is 1.79. The largest absolute Gasteiger partial charge is 0.494 e. The summed E-state index contributed by atoms with van der Waals surface area (Å²) in [5.41, 5.74) is 1.54. The maximum Gasteiger partial charge on any atom is 0.243 e. The van der Waals surface area contributed by atoms with Crippen molar-refractivity contribution in [3.05, 3.63) is 53.6 Å². The topological polar surface area (TPSA) is 50.4 Å². The second kappa shape index (κ2) is 7.55. The van der Waals surface area contributed by atoms with Gasteiger partial charge in [-0.25, -0.2) is 0 Å². The second-order valence-electron chi connectivity index (χ2n) is 4.37. The van der Waals surface area contributed by atoms with E-state index in [1.54, 1.807) is 24.3 Å². The van der Waals surface area contributed by atoms with Crippen molar-refractivity contribution in [2.75, 3.05) is 23.8 Å². The van der Waals surface area contributed by atoms with Gasteiger partial charge in [-0.3, -0.25) is 4.79 Å². The highest BCUT2D eigenvalue weighted by atomic mass is 35.5. The molecule has 0 radical (unpaired) electrons. The van der Waals surface area contributed by atoms with E-state index < -0.39 is 0 Å². The first-order valence-electron chi connectivity index (χ1n) is 6.69. The van der Waals surface area contributed by atoms with Gasteiger partial charge in [-0.2, -0.15) is 0 Å². The number of carbonyl (C=O) groups is 1. The molecule has 0 heterocycles. The lowest BCUT2D eigenvalue weighted by molar-refractivity contribution is -0.114. The second-order valence-corrected chi connectivity index (χ2v) is 4.81. The smallest absolute Gasteiger partial charge is 0.243 e. The molecule has 2 aromatic carbocycles. The molecule has 0 aliphatic heterocycles. The molecule has 0 saturated heterocycles. The van der Waals surface area contributed by atoms with E-state index in [0.717, 1.165) is 11.4 Å². The van der Waals surface area contributed by atoms with Crippen molar-refractivity contribution in [3.63, 3.8) is 0 Å². The molecular formula is C16H17ClN2O2. The summed E-state index contributed by atoms with van der Waals surface area (Å²) in [6.07, 6.45) is 0. The minimum atomic E-state index is -0.133. The number of rotatable bonds is 6. The SMILES string of the molecule is CCOc1ccc(NCC(=O)Nc2cccc(Cl)c2)cc1. The Morgan fingerprint density at radius 2 is 1.90 bits per heavy atom. The van der Waals surface area contributed by atoms with E-state index in [1.807, 2.05) is 31.2 Å². The highest BCUT2D eigenvalue weighted by Crippen LogP contribution is 2.16. The van der Waals surface area contributed by atoms with Gasteiger partial charge in [-0.05, 0) is 49.4 Å². The quantitative estimate of drug-likeness (QED) is 0.853. The normalized spacial score (nSPS) is 10.0. The average molecular weight is 305 g/mol. The molecule has 0 saturated carbocycles. The summed E-state index contributed by atoms with van der Waals surface area (Å²) in [5.74, 6) is 0.678. The minimum Gasteiger partial charge on any atom is -0.494 e. The number of carbonyl (C=O) groups excluding carboxylic acids is 1. The number of anilines is 2. The Kier molecular flexibility index (Phi) is 5.46. The molecule has 2 aromatic rings. The molecule has 0 aliphatic rings. The van der Waals surface area contributed by atoms with Crippen LogP contribution >= 0.6 is 11.6 Å². The highest BCUT2D eigenvalue weighted by molar-refractivity contribution is 6.30. The Morgan fingerprint density at radius 3 is 2.57 bits per heavy atom. The van der Waals surface area contributed by atoms with Crippen molar-refractivity contribution < 1.29 is 9.53 Å². The zero-order valence-corrected chi connectivity index (χ0v) is 12.5. The number of nitrogens with one attached hydrogen (secondary N) is 2. The number of halogens is 1. The van der Waals surface area contributed by atoms with Crippen molar-refractivity contribution in [1.82, 2.24) is 0 Å². The fraction of sp³-hybridized carbons (Fsp3) is 0.188. The lowest BCUT2D eigenvalue weighted by Gasteiger charge is -2.09. The molecule has 5 heteroatoms. The van der Waals surface area contributed by atoms with Gasteiger partial charge in [0.1, 0.15) is 5.75 Å². The lowest BCUT2D eigenvalue weighted by Crippen LogP contribution is -2.21. The van der Waals surface area contributed by atoms with Crippen LogP contribution in [0.15, 0.2) is 48.5 Å². The Morgan fingerprint density at radius 1 is 1.14 bits per heavy atom. The van der Waals surface area contributed by atoms with Gasteiger partial charge in [0.15, 0.2) is 0 Å². The number of benzene rings is 2. The standard InChI is InChI=1S/C16H17ClN2O2/c1-2-21-15-8-6-13(7-9-15)18-11-16(20)19-14-5-3-4-12(17)10-14/h3-10,18H,2,11H2,1H3,(H,19,20). The average Bonchev–Trinajstić information content (AvgIpc) is 2.47. The first-order chi connectivity index (χ1) is 10.2. The molecule has 2 N–H and O–H groups in total. The monoisotopic (exact) mass is 304 g/mol. The Balaban J connectivity index is 1.83. The molecule has 0 fully saturated rings. The van der Waals surface area contributed by atoms with Gasteiger partial charge in [-0.15, -0.1) is 0 Å². The van der Waals surface area contributed by atoms with E-state index in [1.165, 1.54) is 0 Å². The van der Waals surface area contributed by atoms with Gasteiger partial charge in [-0.1, -0.05) is 17.7 Å². The third-order valence-corrected chi connectivity index (χ3v) is 2.96. The van der Waals surface area contributed by atoms with E-state index >= 15 is 0 Å². The number of hydrogen-bond acceptors (Lipinski definition) is 3. The number of ether oxygens (including phenoxy) is 1. The van der Waals surface area contributed by atoms with Crippen LogP contribution in [0.1, 0.15) is 6.92 Å². The summed E-state index contributed by atoms with van der Waals surface area (Å²) in [6, 6.07) is 14.5. The summed E-state index contributed by atoms with van der Waals surface area (Å²) in [6.45, 7) is 2.75. The van der Waals surface area contributed by atoms with Crippen LogP contribution in [0.25, 0.3) is 0 Å². The van der Waals surface area contributed by atoms with E-state index in [4.69, 9.17) is 16.3 Å². The van der Waals surface area contributed by atoms with Crippen LogP contribution < -0.4 is 15.4 Å². The maximum atomic E-state index is 11.8. The maximum absolute atomic E-state index is 11.8. The van der Waals surface area contributed by atoms with E-state index in [0.29, 0.717) is 17.3 Å². The first kappa shape index (κ1) is 15.2. The summed E-state index contributed by atoms with van der Waals surface area (Å²) in [5, 5.41) is 6.41. The minimum absolute atomic E-state index is 0.133. The summed E-state index contributed by atoms with van der Waals surface area (Å²) in [7, 11) is 0. The van der Waals surface area contributed by atoms with Crippen molar-refractivity contribution in [3.8, 4) is 5.75 Å². The predicted molar refractivity (Wildman–Crippen MR) is 86.2 cm³/mol. The van der Waals surface area contributed by atoms with E-state index in [2.05, 4.69) is 10.6 Å². The molecule has 110 valence electrons. The van der Waals surface area contributed by atoms with Crippen LogP contribution in [0, 0.1) is 0 Å². The zero-order chi connectivity index (χ0) is 15.1. The summed E-state index contributed by atoms with van der Waals surface area (Å²) in [4.78, 5) is 11.8. The van der Waals surface area contributed by atoms with Gasteiger partial charge >= 0.3 is 0 Å². The van der Waals surface area contributed by atoms with Crippen molar-refractivity contribution in [1.29, 1.82) is 0 Å². The van der Waals surface area contributed by atoms with Crippen molar-refractivity contribution >= 4 is 28.9 Å². The van der Waals surface area contributed by atoms with Crippen molar-refractivity contribution in [2.45, 2.75) is 6.92 Å². The van der Waals surface area contributed by atoms with Crippen LogP contribution in [0.2, 0.25) is 5.02 Å². The van der Waals surface area contributed by atoms with Gasteiger partial charge in [0.25, 0.3) is 0 Å². The van der Waals surface area contributed by atoms with Crippen LogP contribution in [-0.4, -0.2) is 19.1 Å². The first-order valence-corrected chi connectivity index (χ1v) is 7.07. The predicted octanol–water partition coefficient (Wildman–Crippen LogP) is 3.79. The molecule has 0 atom stereocenters. The van der Waals surface area contributed by atoms with Crippen LogP contribution in [0.5, 0.6) is 5.75 Å². The fourth-order valence-corrected chi connectivity index (χ4v) is 1.98. The molecule has 0 aliphatic carbocycles. The Bertz CT molecular complexity index is 599. The lowest BCUT2D eigenvalue weighted by atomic mass is 10.3. The van der Waals surface area contributed by atoms with Crippen LogP contribution in [0.3, 0.4) is 0 Å². The van der Waals surface area contributed by atoms with Gasteiger partial charge < -0.3 is 15.4 Å². The number of hydrogen-bond donors (Lipinski definition) is 2. The Labute approximate surface area is 129 Å². The van der Waals surface area contributed by atoms with E-state index in [9.17, 15) is 4.79 Å². The van der Waals surface area contributed by atoms with Crippen LogP contribution in [-0.2, 0) is 4.79 Å². The van der Waals surface area contributed by atoms with Gasteiger partial charge in [0.05, 0.1) is 13.2 Å². The van der Waals surface area contributed by atoms with Crippen molar-refractivity contribution in [2.24, 2.45) is 0 Å². The molecule has 1 amide bonds. The molecule has 0 unspecified atom stereocenters. The molecule has 0 aromatic heterocycles. The molecule has 21 heavy (non-hydrogen) atoms. The molecule has 2 rings (SSSR count). The molecular weight excluding hydrogens is 288 g/mol. The highest BCUT2D eigenvalue weighted by Gasteiger charge is 2.03. The molecule has 4 nitrogen and oxygen atoms in total. The summed E-state index contributed by atoms with van der Waals surface area (Å²) >= 11 is 5.86. The summed E-state index contributed by atoms with van der Waals surface area (Å²) < 4.78 is 5.36. The number of amides is 1. The third-order valence-electron chi connectivity index (χ3n) is 2.73. The molecule has 0 bridgehead atoms. The van der Waals surface area contributed by atoms with E-state index in [-0.39, 0.29) is 12.5 Å². The van der Waals surface area contributed by atoms with Crippen LogP contribution in [0.4, 0.5) is 11.4 Å². The molecule has 0 spiro atoms. The zero-order valence-electron chi connectivity index (χ0n) is 11.7. The third kappa shape index (κ3) is 5.00. The van der Waals surface area contributed by atoms with Gasteiger partial charge in [0.2, 0.25) is 5.91 Å².